The highest BCUT2D eigenvalue weighted by atomic mass is 16.5. The summed E-state index contributed by atoms with van der Waals surface area (Å²) >= 11 is 0. The van der Waals surface area contributed by atoms with Crippen LogP contribution in [0.2, 0.25) is 0 Å². The summed E-state index contributed by atoms with van der Waals surface area (Å²) in [6, 6.07) is 5.91. The van der Waals surface area contributed by atoms with Gasteiger partial charge in [-0.3, -0.25) is 0 Å². The number of benzene rings is 1. The lowest BCUT2D eigenvalue weighted by Crippen LogP contribution is -2.35. The standard InChI is InChI=1S/C16H28N2O2/c1-5-11-20-13-8-6-7-12(15(13)17)18-14(9-10-19)16(2,3)4/h6-8,14,18-19H,5,9-11,17H2,1-4H3. The highest BCUT2D eigenvalue weighted by Crippen LogP contribution is 2.33. The molecule has 0 radical (unpaired) electrons. The molecule has 0 bridgehead atoms. The van der Waals surface area contributed by atoms with Crippen LogP contribution in [0.4, 0.5) is 11.4 Å². The number of aliphatic hydroxyl groups is 1. The summed E-state index contributed by atoms with van der Waals surface area (Å²) in [5.41, 5.74) is 7.70. The molecule has 4 heteroatoms. The number of hydrogen-bond acceptors (Lipinski definition) is 4. The van der Waals surface area contributed by atoms with Crippen molar-refractivity contribution >= 4 is 11.4 Å². The second-order valence-corrected chi connectivity index (χ2v) is 6.14. The first-order valence-electron chi connectivity index (χ1n) is 7.28. The first kappa shape index (κ1) is 16.6. The molecular weight excluding hydrogens is 252 g/mol. The zero-order chi connectivity index (χ0) is 15.2. The monoisotopic (exact) mass is 280 g/mol. The van der Waals surface area contributed by atoms with Crippen LogP contribution in [0.3, 0.4) is 0 Å². The normalized spacial score (nSPS) is 13.1. The van der Waals surface area contributed by atoms with Gasteiger partial charge in [-0.2, -0.15) is 0 Å². The van der Waals surface area contributed by atoms with E-state index in [9.17, 15) is 5.11 Å². The van der Waals surface area contributed by atoms with Crippen LogP contribution in [0.5, 0.6) is 5.75 Å². The lowest BCUT2D eigenvalue weighted by atomic mass is 9.84. The van der Waals surface area contributed by atoms with Crippen molar-refractivity contribution in [2.45, 2.75) is 46.6 Å². The lowest BCUT2D eigenvalue weighted by molar-refractivity contribution is 0.235. The first-order valence-corrected chi connectivity index (χ1v) is 7.28. The third-order valence-corrected chi connectivity index (χ3v) is 3.32. The van der Waals surface area contributed by atoms with Crippen molar-refractivity contribution in [3.05, 3.63) is 18.2 Å². The Bertz CT molecular complexity index is 413. The van der Waals surface area contributed by atoms with Gasteiger partial charge in [0.2, 0.25) is 0 Å². The van der Waals surface area contributed by atoms with E-state index in [0.29, 0.717) is 24.5 Å². The Morgan fingerprint density at radius 2 is 2.05 bits per heavy atom. The highest BCUT2D eigenvalue weighted by molar-refractivity contribution is 5.73. The molecule has 20 heavy (non-hydrogen) atoms. The van der Waals surface area contributed by atoms with Gasteiger partial charge in [-0.25, -0.2) is 0 Å². The second kappa shape index (κ2) is 7.39. The summed E-state index contributed by atoms with van der Waals surface area (Å²) in [4.78, 5) is 0. The van der Waals surface area contributed by atoms with Crippen LogP contribution >= 0.6 is 0 Å². The zero-order valence-electron chi connectivity index (χ0n) is 13.1. The molecule has 0 saturated heterocycles. The molecule has 0 saturated carbocycles. The lowest BCUT2D eigenvalue weighted by Gasteiger charge is -2.32. The highest BCUT2D eigenvalue weighted by Gasteiger charge is 2.24. The van der Waals surface area contributed by atoms with Crippen molar-refractivity contribution in [2.75, 3.05) is 24.3 Å². The predicted molar refractivity (Wildman–Crippen MR) is 85.2 cm³/mol. The number of nitrogens with two attached hydrogens (primary N) is 1. The van der Waals surface area contributed by atoms with Gasteiger partial charge in [0, 0.05) is 12.6 Å². The Labute approximate surface area is 122 Å². The van der Waals surface area contributed by atoms with E-state index < -0.39 is 0 Å². The molecule has 1 rings (SSSR count). The maximum atomic E-state index is 9.22. The van der Waals surface area contributed by atoms with Crippen LogP contribution in [-0.4, -0.2) is 24.4 Å². The minimum atomic E-state index is 0.0372. The Balaban J connectivity index is 2.90. The Kier molecular flexibility index (Phi) is 6.14. The van der Waals surface area contributed by atoms with Gasteiger partial charge in [0.05, 0.1) is 18.0 Å². The molecule has 4 nitrogen and oxygen atoms in total. The number of nitrogens with one attached hydrogen (secondary N) is 1. The van der Waals surface area contributed by atoms with E-state index >= 15 is 0 Å². The summed E-state index contributed by atoms with van der Waals surface area (Å²) in [5, 5.41) is 12.7. The summed E-state index contributed by atoms with van der Waals surface area (Å²) in [6.45, 7) is 9.32. The molecule has 0 aliphatic carbocycles. The molecule has 0 aromatic heterocycles. The van der Waals surface area contributed by atoms with Crippen LogP contribution in [0.1, 0.15) is 40.5 Å². The van der Waals surface area contributed by atoms with Crippen molar-refractivity contribution in [3.63, 3.8) is 0 Å². The average molecular weight is 280 g/mol. The molecule has 0 amide bonds. The molecule has 1 atom stereocenters. The second-order valence-electron chi connectivity index (χ2n) is 6.14. The topological polar surface area (TPSA) is 67.5 Å². The van der Waals surface area contributed by atoms with E-state index in [1.165, 1.54) is 0 Å². The van der Waals surface area contributed by atoms with Crippen LogP contribution < -0.4 is 15.8 Å². The summed E-state index contributed by atoms with van der Waals surface area (Å²) in [5.74, 6) is 0.716. The van der Waals surface area contributed by atoms with Crippen molar-refractivity contribution in [1.29, 1.82) is 0 Å². The van der Waals surface area contributed by atoms with Gasteiger partial charge >= 0.3 is 0 Å². The molecule has 1 unspecified atom stereocenters. The van der Waals surface area contributed by atoms with Crippen LogP contribution in [-0.2, 0) is 0 Å². The SMILES string of the molecule is CCCOc1cccc(NC(CCO)C(C)(C)C)c1N. The fraction of sp³-hybridized carbons (Fsp3) is 0.625. The number of nitrogen functional groups attached to an aromatic ring is 1. The van der Waals surface area contributed by atoms with Crippen LogP contribution in [0.25, 0.3) is 0 Å². The third-order valence-electron chi connectivity index (χ3n) is 3.32. The molecular formula is C16H28N2O2. The largest absolute Gasteiger partial charge is 0.491 e. The van der Waals surface area contributed by atoms with Crippen LogP contribution in [0.15, 0.2) is 18.2 Å². The molecule has 0 fully saturated rings. The van der Waals surface area contributed by atoms with E-state index in [4.69, 9.17) is 10.5 Å². The Morgan fingerprint density at radius 1 is 1.35 bits per heavy atom. The number of hydrogen-bond donors (Lipinski definition) is 3. The van der Waals surface area contributed by atoms with E-state index in [2.05, 4.69) is 33.0 Å². The van der Waals surface area contributed by atoms with Crippen molar-refractivity contribution in [2.24, 2.45) is 5.41 Å². The van der Waals surface area contributed by atoms with Gasteiger partial charge in [-0.15, -0.1) is 0 Å². The van der Waals surface area contributed by atoms with E-state index in [1.54, 1.807) is 0 Å². The number of anilines is 2. The molecule has 0 aliphatic rings. The van der Waals surface area contributed by atoms with Crippen LogP contribution in [0, 0.1) is 5.41 Å². The summed E-state index contributed by atoms with van der Waals surface area (Å²) in [7, 11) is 0. The van der Waals surface area contributed by atoms with E-state index in [-0.39, 0.29) is 18.1 Å². The maximum absolute atomic E-state index is 9.22. The van der Waals surface area contributed by atoms with Gasteiger partial charge in [-0.1, -0.05) is 33.8 Å². The van der Waals surface area contributed by atoms with E-state index in [1.807, 2.05) is 18.2 Å². The van der Waals surface area contributed by atoms with Crippen molar-refractivity contribution in [1.82, 2.24) is 0 Å². The number of ether oxygens (including phenoxy) is 1. The van der Waals surface area contributed by atoms with Crippen molar-refractivity contribution in [3.8, 4) is 5.75 Å². The van der Waals surface area contributed by atoms with Gasteiger partial charge in [0.25, 0.3) is 0 Å². The third kappa shape index (κ3) is 4.60. The molecule has 0 heterocycles. The predicted octanol–water partition coefficient (Wildman–Crippen LogP) is 3.27. The minimum absolute atomic E-state index is 0.0372. The Morgan fingerprint density at radius 3 is 2.60 bits per heavy atom. The molecule has 1 aromatic carbocycles. The average Bonchev–Trinajstić information content (AvgIpc) is 2.38. The first-order chi connectivity index (χ1) is 9.40. The molecule has 0 spiro atoms. The number of aliphatic hydroxyl groups excluding tert-OH is 1. The number of rotatable bonds is 7. The smallest absolute Gasteiger partial charge is 0.144 e. The van der Waals surface area contributed by atoms with Crippen molar-refractivity contribution < 1.29 is 9.84 Å². The molecule has 0 aliphatic heterocycles. The fourth-order valence-corrected chi connectivity index (χ4v) is 2.05. The van der Waals surface area contributed by atoms with Gasteiger partial charge < -0.3 is 20.9 Å². The molecule has 4 N–H and O–H groups in total. The quantitative estimate of drug-likeness (QED) is 0.671. The Hall–Kier alpha value is -1.42. The van der Waals surface area contributed by atoms with Gasteiger partial charge in [0.15, 0.2) is 0 Å². The zero-order valence-corrected chi connectivity index (χ0v) is 13.1. The van der Waals surface area contributed by atoms with Gasteiger partial charge in [-0.05, 0) is 30.4 Å². The maximum Gasteiger partial charge on any atom is 0.144 e. The summed E-state index contributed by atoms with van der Waals surface area (Å²) < 4.78 is 5.64. The van der Waals surface area contributed by atoms with Gasteiger partial charge in [0.1, 0.15) is 5.75 Å². The fourth-order valence-electron chi connectivity index (χ4n) is 2.05. The van der Waals surface area contributed by atoms with E-state index in [0.717, 1.165) is 12.1 Å². The molecule has 114 valence electrons. The minimum Gasteiger partial charge on any atom is -0.491 e. The molecule has 1 aromatic rings. The number of para-hydroxylation sites is 1. The summed E-state index contributed by atoms with van der Waals surface area (Å²) in [6.07, 6.45) is 1.63.